The molecule has 0 radical (unpaired) electrons. The van der Waals surface area contributed by atoms with Crippen LogP contribution in [0.5, 0.6) is 0 Å². The molecule has 0 unspecified atom stereocenters. The van der Waals surface area contributed by atoms with Crippen molar-refractivity contribution in [3.8, 4) is 0 Å². The van der Waals surface area contributed by atoms with Gasteiger partial charge in [0.25, 0.3) is 10.9 Å². The van der Waals surface area contributed by atoms with Crippen molar-refractivity contribution in [3.05, 3.63) is 78.2 Å². The van der Waals surface area contributed by atoms with E-state index >= 15 is 0 Å². The molecule has 5 rings (SSSR count). The number of aryl methyl sites for hydroxylation is 1. The molecule has 0 bridgehead atoms. The molecule has 1 fully saturated rings. The van der Waals surface area contributed by atoms with E-state index in [0.717, 1.165) is 41.5 Å². The van der Waals surface area contributed by atoms with E-state index in [1.165, 1.54) is 24.0 Å². The summed E-state index contributed by atoms with van der Waals surface area (Å²) in [6.45, 7) is 1.93. The number of rotatable bonds is 8. The molecule has 1 saturated carbocycles. The standard InChI is InChI=1S/C24H25ClN4O2/c25-19-12-14(3-8-18(19)15-4-5-15)13-28-21-20(22(30)23(21)31)26-11-9-17-7-6-16-2-1-10-27-24(16)29-17/h3,6-8,12,15,26,28H,1-2,4-5,9-11,13H2,(H,27,29). The van der Waals surface area contributed by atoms with Crippen LogP contribution in [0.15, 0.2) is 39.9 Å². The quantitative estimate of drug-likeness (QED) is 0.465. The number of anilines is 3. The van der Waals surface area contributed by atoms with Crippen LogP contribution in [0.25, 0.3) is 0 Å². The number of nitrogens with one attached hydrogen (secondary N) is 3. The summed E-state index contributed by atoms with van der Waals surface area (Å²) in [5.74, 6) is 1.56. The highest BCUT2D eigenvalue weighted by atomic mass is 35.5. The highest BCUT2D eigenvalue weighted by Crippen LogP contribution is 2.43. The van der Waals surface area contributed by atoms with Gasteiger partial charge < -0.3 is 16.0 Å². The van der Waals surface area contributed by atoms with Crippen molar-refractivity contribution in [1.82, 2.24) is 4.98 Å². The van der Waals surface area contributed by atoms with Crippen LogP contribution in [0, 0.1) is 0 Å². The van der Waals surface area contributed by atoms with E-state index < -0.39 is 10.9 Å². The van der Waals surface area contributed by atoms with Gasteiger partial charge in [0.05, 0.1) is 0 Å². The first kappa shape index (κ1) is 20.1. The van der Waals surface area contributed by atoms with Crippen molar-refractivity contribution in [1.29, 1.82) is 0 Å². The van der Waals surface area contributed by atoms with E-state index in [9.17, 15) is 9.59 Å². The van der Waals surface area contributed by atoms with Gasteiger partial charge >= 0.3 is 0 Å². The number of hydrogen-bond donors (Lipinski definition) is 3. The van der Waals surface area contributed by atoms with Gasteiger partial charge in [-0.3, -0.25) is 9.59 Å². The zero-order chi connectivity index (χ0) is 21.4. The van der Waals surface area contributed by atoms with Gasteiger partial charge in [-0.05, 0) is 60.4 Å². The maximum atomic E-state index is 12.0. The molecule has 31 heavy (non-hydrogen) atoms. The third kappa shape index (κ3) is 4.17. The van der Waals surface area contributed by atoms with Gasteiger partial charge in [0.1, 0.15) is 17.2 Å². The lowest BCUT2D eigenvalue weighted by Gasteiger charge is -2.18. The Hall–Kier alpha value is -2.86. The fourth-order valence-corrected chi connectivity index (χ4v) is 4.51. The SMILES string of the molecule is O=c1c(NCCc2ccc3c(n2)NCCC3)c(NCc2ccc(C3CC3)c(Cl)c2)c1=O. The maximum Gasteiger partial charge on any atom is 0.253 e. The summed E-state index contributed by atoms with van der Waals surface area (Å²) in [4.78, 5) is 28.8. The van der Waals surface area contributed by atoms with Crippen LogP contribution < -0.4 is 26.8 Å². The Morgan fingerprint density at radius 2 is 1.87 bits per heavy atom. The molecule has 1 aliphatic carbocycles. The van der Waals surface area contributed by atoms with Crippen LogP contribution in [0.4, 0.5) is 17.2 Å². The molecule has 0 saturated heterocycles. The first-order valence-corrected chi connectivity index (χ1v) is 11.3. The molecule has 3 aromatic rings. The van der Waals surface area contributed by atoms with Crippen LogP contribution in [0.1, 0.15) is 47.6 Å². The normalized spacial score (nSPS) is 15.4. The van der Waals surface area contributed by atoms with E-state index in [0.29, 0.717) is 36.8 Å². The van der Waals surface area contributed by atoms with Crippen LogP contribution >= 0.6 is 11.6 Å². The van der Waals surface area contributed by atoms with Gasteiger partial charge in [0, 0.05) is 36.8 Å². The van der Waals surface area contributed by atoms with Gasteiger partial charge in [0.15, 0.2) is 0 Å². The summed E-state index contributed by atoms with van der Waals surface area (Å²) in [7, 11) is 0. The second-order valence-electron chi connectivity index (χ2n) is 8.41. The number of halogens is 1. The van der Waals surface area contributed by atoms with Gasteiger partial charge in [-0.15, -0.1) is 0 Å². The molecule has 2 heterocycles. The number of pyridine rings is 1. The minimum absolute atomic E-state index is 0.354. The van der Waals surface area contributed by atoms with Crippen LogP contribution in [0.3, 0.4) is 0 Å². The molecule has 2 aliphatic rings. The van der Waals surface area contributed by atoms with Gasteiger partial charge in [-0.2, -0.15) is 0 Å². The molecule has 0 amide bonds. The summed E-state index contributed by atoms with van der Waals surface area (Å²) in [5, 5.41) is 10.3. The predicted octanol–water partition coefficient (Wildman–Crippen LogP) is 3.83. The zero-order valence-corrected chi connectivity index (χ0v) is 18.0. The molecule has 1 aliphatic heterocycles. The van der Waals surface area contributed by atoms with E-state index in [2.05, 4.69) is 33.1 Å². The molecule has 7 heteroatoms. The van der Waals surface area contributed by atoms with E-state index in [1.54, 1.807) is 0 Å². The maximum absolute atomic E-state index is 12.0. The topological polar surface area (TPSA) is 83.1 Å². The third-order valence-corrected chi connectivity index (χ3v) is 6.42. The Bertz CT molecular complexity index is 1200. The largest absolute Gasteiger partial charge is 0.380 e. The van der Waals surface area contributed by atoms with E-state index in [1.807, 2.05) is 18.2 Å². The van der Waals surface area contributed by atoms with Crippen LogP contribution in [-0.2, 0) is 19.4 Å². The molecular weight excluding hydrogens is 412 g/mol. The van der Waals surface area contributed by atoms with E-state index in [4.69, 9.17) is 11.6 Å². The lowest BCUT2D eigenvalue weighted by atomic mass is 10.1. The average Bonchev–Trinajstić information content (AvgIpc) is 3.63. The van der Waals surface area contributed by atoms with Crippen molar-refractivity contribution < 1.29 is 0 Å². The minimum atomic E-state index is -0.473. The fourth-order valence-electron chi connectivity index (χ4n) is 4.15. The summed E-state index contributed by atoms with van der Waals surface area (Å²) in [6, 6.07) is 10.2. The van der Waals surface area contributed by atoms with Crippen molar-refractivity contribution in [3.63, 3.8) is 0 Å². The number of nitrogens with zero attached hydrogens (tertiary/aromatic N) is 1. The van der Waals surface area contributed by atoms with Crippen LogP contribution in [0.2, 0.25) is 5.02 Å². The summed E-state index contributed by atoms with van der Waals surface area (Å²) >= 11 is 6.40. The second-order valence-corrected chi connectivity index (χ2v) is 8.82. The Kier molecular flexibility index (Phi) is 5.40. The van der Waals surface area contributed by atoms with E-state index in [-0.39, 0.29) is 0 Å². The van der Waals surface area contributed by atoms with Gasteiger partial charge in [-0.25, -0.2) is 4.98 Å². The van der Waals surface area contributed by atoms with Crippen molar-refractivity contribution >= 4 is 28.8 Å². The lowest BCUT2D eigenvalue weighted by molar-refractivity contribution is 0.809. The molecule has 2 aromatic carbocycles. The molecule has 1 aromatic heterocycles. The fraction of sp³-hybridized carbons (Fsp3) is 0.375. The molecule has 0 atom stereocenters. The monoisotopic (exact) mass is 436 g/mol. The zero-order valence-electron chi connectivity index (χ0n) is 17.3. The molecule has 3 N–H and O–H groups in total. The average molecular weight is 437 g/mol. The Morgan fingerprint density at radius 3 is 2.65 bits per heavy atom. The first-order chi connectivity index (χ1) is 15.1. The number of hydrogen-bond acceptors (Lipinski definition) is 6. The molecule has 160 valence electrons. The predicted molar refractivity (Wildman–Crippen MR) is 125 cm³/mol. The Balaban J connectivity index is 1.19. The van der Waals surface area contributed by atoms with Crippen molar-refractivity contribution in [2.45, 2.75) is 44.6 Å². The van der Waals surface area contributed by atoms with Gasteiger partial charge in [-0.1, -0.05) is 29.8 Å². The second kappa shape index (κ2) is 8.35. The smallest absolute Gasteiger partial charge is 0.253 e. The number of aromatic nitrogens is 1. The summed E-state index contributed by atoms with van der Waals surface area (Å²) in [5.41, 5.74) is 4.17. The highest BCUT2D eigenvalue weighted by molar-refractivity contribution is 6.31. The van der Waals surface area contributed by atoms with Crippen molar-refractivity contribution in [2.75, 3.05) is 29.0 Å². The summed E-state index contributed by atoms with van der Waals surface area (Å²) in [6.07, 6.45) is 5.26. The molecule has 6 nitrogen and oxygen atoms in total. The summed E-state index contributed by atoms with van der Waals surface area (Å²) < 4.78 is 0. The lowest BCUT2D eigenvalue weighted by Crippen LogP contribution is -2.37. The third-order valence-electron chi connectivity index (χ3n) is 6.10. The van der Waals surface area contributed by atoms with Crippen LogP contribution in [-0.4, -0.2) is 18.1 Å². The number of benzene rings is 1. The van der Waals surface area contributed by atoms with Gasteiger partial charge in [0.2, 0.25) is 0 Å². The highest BCUT2D eigenvalue weighted by Gasteiger charge is 2.26. The Morgan fingerprint density at radius 1 is 1.06 bits per heavy atom. The first-order valence-electron chi connectivity index (χ1n) is 10.9. The van der Waals surface area contributed by atoms with Crippen molar-refractivity contribution in [2.24, 2.45) is 0 Å². The molecular formula is C24H25ClN4O2. The Labute approximate surface area is 185 Å². The number of fused-ring (bicyclic) bond motifs is 1. The minimum Gasteiger partial charge on any atom is -0.380 e. The molecule has 0 spiro atoms.